The zero-order valence-corrected chi connectivity index (χ0v) is 12.8. The van der Waals surface area contributed by atoms with Crippen molar-refractivity contribution >= 4 is 11.6 Å². The number of nitrogens with zero attached hydrogens (tertiary/aromatic N) is 1. The largest absolute Gasteiger partial charge is 0.383 e. The van der Waals surface area contributed by atoms with Crippen molar-refractivity contribution in [2.24, 2.45) is 4.99 Å². The summed E-state index contributed by atoms with van der Waals surface area (Å²) in [5, 5.41) is 9.49. The molecule has 0 aliphatic heterocycles. The van der Waals surface area contributed by atoms with Crippen LogP contribution >= 0.6 is 0 Å². The average Bonchev–Trinajstić information content (AvgIpc) is 2.51. The number of guanidine groups is 1. The van der Waals surface area contributed by atoms with Gasteiger partial charge in [0.15, 0.2) is 5.96 Å². The summed E-state index contributed by atoms with van der Waals surface area (Å²) in [4.78, 5) is 4.48. The molecule has 3 N–H and O–H groups in total. The first kappa shape index (κ1) is 16.9. The first-order chi connectivity index (χ1) is 10.3. The van der Waals surface area contributed by atoms with Crippen LogP contribution in [0, 0.1) is 12.3 Å². The first-order valence-corrected chi connectivity index (χ1v) is 7.07. The summed E-state index contributed by atoms with van der Waals surface area (Å²) >= 11 is 0. The Kier molecular flexibility index (Phi) is 8.50. The van der Waals surface area contributed by atoms with Crippen molar-refractivity contribution in [3.8, 4) is 12.3 Å². The van der Waals surface area contributed by atoms with Crippen LogP contribution in [0.4, 0.5) is 5.69 Å². The molecule has 114 valence electrons. The molecule has 0 aliphatic carbocycles. The van der Waals surface area contributed by atoms with Crippen LogP contribution in [0.25, 0.3) is 0 Å². The first-order valence-electron chi connectivity index (χ1n) is 7.07. The predicted molar refractivity (Wildman–Crippen MR) is 88.5 cm³/mol. The molecule has 1 rings (SSSR count). The number of anilines is 1. The highest BCUT2D eigenvalue weighted by molar-refractivity contribution is 5.79. The maximum Gasteiger partial charge on any atom is 0.192 e. The van der Waals surface area contributed by atoms with E-state index < -0.39 is 0 Å². The molecule has 0 atom stereocenters. The van der Waals surface area contributed by atoms with Gasteiger partial charge in [-0.2, -0.15) is 0 Å². The Morgan fingerprint density at radius 1 is 1.29 bits per heavy atom. The van der Waals surface area contributed by atoms with Crippen LogP contribution in [-0.4, -0.2) is 39.3 Å². The van der Waals surface area contributed by atoms with Crippen LogP contribution in [-0.2, 0) is 11.3 Å². The van der Waals surface area contributed by atoms with E-state index in [0.717, 1.165) is 30.3 Å². The summed E-state index contributed by atoms with van der Waals surface area (Å²) in [5.41, 5.74) is 2.22. The Morgan fingerprint density at radius 3 is 2.67 bits per heavy atom. The number of aliphatic imine (C=N–C) groups is 1. The van der Waals surface area contributed by atoms with Gasteiger partial charge in [0.05, 0.1) is 19.7 Å². The van der Waals surface area contributed by atoms with E-state index in [9.17, 15) is 0 Å². The molecule has 0 amide bonds. The second-order valence-electron chi connectivity index (χ2n) is 4.37. The number of hydrogen-bond donors (Lipinski definition) is 3. The molecule has 0 fully saturated rings. The van der Waals surface area contributed by atoms with Crippen LogP contribution in [0.5, 0.6) is 0 Å². The van der Waals surface area contributed by atoms with Gasteiger partial charge in [0.25, 0.3) is 0 Å². The Labute approximate surface area is 127 Å². The number of benzene rings is 1. The van der Waals surface area contributed by atoms with Gasteiger partial charge in [-0.1, -0.05) is 18.1 Å². The fraction of sp³-hybridized carbons (Fsp3) is 0.438. The molecule has 0 saturated carbocycles. The second kappa shape index (κ2) is 10.6. The minimum Gasteiger partial charge on any atom is -0.383 e. The van der Waals surface area contributed by atoms with Gasteiger partial charge in [-0.05, 0) is 24.6 Å². The Bertz CT molecular complexity index is 462. The highest BCUT2D eigenvalue weighted by atomic mass is 16.5. The van der Waals surface area contributed by atoms with E-state index in [1.165, 1.54) is 0 Å². The van der Waals surface area contributed by atoms with Gasteiger partial charge in [-0.15, -0.1) is 6.42 Å². The summed E-state index contributed by atoms with van der Waals surface area (Å²) in [6.45, 7) is 5.40. The third-order valence-electron chi connectivity index (χ3n) is 2.71. The number of rotatable bonds is 8. The smallest absolute Gasteiger partial charge is 0.192 e. The molecule has 1 aromatic rings. The van der Waals surface area contributed by atoms with Crippen LogP contribution in [0.15, 0.2) is 29.3 Å². The van der Waals surface area contributed by atoms with Gasteiger partial charge < -0.3 is 20.7 Å². The predicted octanol–water partition coefficient (Wildman–Crippen LogP) is 1.43. The summed E-state index contributed by atoms with van der Waals surface area (Å²) in [6.07, 6.45) is 5.24. The van der Waals surface area contributed by atoms with E-state index in [0.29, 0.717) is 19.7 Å². The van der Waals surface area contributed by atoms with E-state index in [-0.39, 0.29) is 0 Å². The van der Waals surface area contributed by atoms with Crippen molar-refractivity contribution in [1.82, 2.24) is 10.6 Å². The molecule has 0 aromatic heterocycles. The topological polar surface area (TPSA) is 57.7 Å². The van der Waals surface area contributed by atoms with E-state index in [4.69, 9.17) is 11.2 Å². The van der Waals surface area contributed by atoms with Gasteiger partial charge in [-0.25, -0.2) is 4.99 Å². The molecule has 0 heterocycles. The lowest BCUT2D eigenvalue weighted by atomic mass is 10.2. The lowest BCUT2D eigenvalue weighted by molar-refractivity contribution is 0.211. The number of nitrogens with one attached hydrogen (secondary N) is 3. The molecule has 0 saturated heterocycles. The Morgan fingerprint density at radius 2 is 2.05 bits per heavy atom. The van der Waals surface area contributed by atoms with Crippen LogP contribution in [0.3, 0.4) is 0 Å². The highest BCUT2D eigenvalue weighted by Gasteiger charge is 1.97. The molecule has 0 unspecified atom stereocenters. The Balaban J connectivity index is 2.51. The summed E-state index contributed by atoms with van der Waals surface area (Å²) < 4.78 is 5.00. The maximum absolute atomic E-state index is 5.24. The Hall–Kier alpha value is -2.19. The molecule has 1 aromatic carbocycles. The second-order valence-corrected chi connectivity index (χ2v) is 4.37. The van der Waals surface area contributed by atoms with Crippen molar-refractivity contribution < 1.29 is 4.74 Å². The van der Waals surface area contributed by atoms with Gasteiger partial charge in [0.1, 0.15) is 0 Å². The van der Waals surface area contributed by atoms with E-state index in [2.05, 4.69) is 39.0 Å². The van der Waals surface area contributed by atoms with Gasteiger partial charge in [-0.3, -0.25) is 0 Å². The minimum absolute atomic E-state index is 0.466. The van der Waals surface area contributed by atoms with E-state index in [1.807, 2.05) is 19.1 Å². The quantitative estimate of drug-likeness (QED) is 0.293. The van der Waals surface area contributed by atoms with E-state index in [1.54, 1.807) is 7.11 Å². The maximum atomic E-state index is 5.24. The number of hydrogen-bond acceptors (Lipinski definition) is 3. The monoisotopic (exact) mass is 288 g/mol. The number of terminal acetylenes is 1. The average molecular weight is 288 g/mol. The third kappa shape index (κ3) is 7.23. The minimum atomic E-state index is 0.466. The zero-order valence-electron chi connectivity index (χ0n) is 12.8. The summed E-state index contributed by atoms with van der Waals surface area (Å²) in [7, 11) is 1.69. The molecule has 21 heavy (non-hydrogen) atoms. The van der Waals surface area contributed by atoms with Crippen LogP contribution in [0.1, 0.15) is 12.5 Å². The van der Waals surface area contributed by atoms with Crippen molar-refractivity contribution in [1.29, 1.82) is 0 Å². The van der Waals surface area contributed by atoms with Crippen LogP contribution in [0.2, 0.25) is 0 Å². The lowest BCUT2D eigenvalue weighted by Gasteiger charge is -2.09. The zero-order chi connectivity index (χ0) is 15.3. The third-order valence-corrected chi connectivity index (χ3v) is 2.71. The summed E-state index contributed by atoms with van der Waals surface area (Å²) in [5.74, 6) is 3.27. The van der Waals surface area contributed by atoms with Crippen molar-refractivity contribution in [3.05, 3.63) is 29.8 Å². The van der Waals surface area contributed by atoms with Gasteiger partial charge >= 0.3 is 0 Å². The fourth-order valence-corrected chi connectivity index (χ4v) is 1.67. The molecule has 0 bridgehead atoms. The fourth-order valence-electron chi connectivity index (χ4n) is 1.67. The van der Waals surface area contributed by atoms with Crippen LogP contribution < -0.4 is 16.0 Å². The number of methoxy groups -OCH3 is 1. The molecule has 0 spiro atoms. The van der Waals surface area contributed by atoms with Gasteiger partial charge in [0, 0.05) is 25.9 Å². The van der Waals surface area contributed by atoms with Gasteiger partial charge in [0.2, 0.25) is 0 Å². The summed E-state index contributed by atoms with van der Waals surface area (Å²) in [6, 6.07) is 8.21. The molecule has 5 nitrogen and oxygen atoms in total. The molecule has 0 aliphatic rings. The normalized spacial score (nSPS) is 10.8. The molecule has 5 heteroatoms. The van der Waals surface area contributed by atoms with Crippen molar-refractivity contribution in [2.75, 3.05) is 38.7 Å². The highest BCUT2D eigenvalue weighted by Crippen LogP contribution is 2.10. The lowest BCUT2D eigenvalue weighted by Crippen LogP contribution is -2.37. The van der Waals surface area contributed by atoms with Crippen molar-refractivity contribution in [3.63, 3.8) is 0 Å². The molecular formula is C16H24N4O. The standard InChI is InChI=1S/C16H24N4O/c1-4-10-19-16(17-5-2)20-13-14-6-8-15(9-7-14)18-11-12-21-3/h1,6-9,18H,5,10-13H2,2-3H3,(H2,17,19,20). The van der Waals surface area contributed by atoms with Crippen molar-refractivity contribution in [2.45, 2.75) is 13.5 Å². The number of ether oxygens (including phenoxy) is 1. The SMILES string of the molecule is C#CCNC(=NCc1ccc(NCCOC)cc1)NCC. The van der Waals surface area contributed by atoms with E-state index >= 15 is 0 Å². The molecule has 0 radical (unpaired) electrons. The molecular weight excluding hydrogens is 264 g/mol.